The highest BCUT2D eigenvalue weighted by molar-refractivity contribution is 5.77. The van der Waals surface area contributed by atoms with Gasteiger partial charge in [0.2, 0.25) is 5.91 Å². The van der Waals surface area contributed by atoms with Crippen molar-refractivity contribution in [2.45, 2.75) is 32.4 Å². The van der Waals surface area contributed by atoms with Crippen LogP contribution in [0.2, 0.25) is 0 Å². The van der Waals surface area contributed by atoms with Gasteiger partial charge in [0.15, 0.2) is 0 Å². The van der Waals surface area contributed by atoms with Crippen molar-refractivity contribution in [1.29, 1.82) is 0 Å². The summed E-state index contributed by atoms with van der Waals surface area (Å²) in [4.78, 5) is 13.8. The van der Waals surface area contributed by atoms with E-state index >= 15 is 0 Å². The molecule has 4 heteroatoms. The van der Waals surface area contributed by atoms with Gasteiger partial charge in [-0.1, -0.05) is 29.8 Å². The average molecular weight is 276 g/mol. The van der Waals surface area contributed by atoms with E-state index in [1.54, 1.807) is 4.90 Å². The number of hydrogen-bond acceptors (Lipinski definition) is 3. The number of nitrogens with zero attached hydrogens (tertiary/aromatic N) is 1. The molecule has 1 aliphatic heterocycles. The van der Waals surface area contributed by atoms with Crippen molar-refractivity contribution in [1.82, 2.24) is 10.2 Å². The first-order valence-corrected chi connectivity index (χ1v) is 7.27. The molecular formula is C16H24N2O2. The minimum atomic E-state index is 0.0455. The van der Waals surface area contributed by atoms with Gasteiger partial charge in [0.1, 0.15) is 6.61 Å². The molecule has 1 fully saturated rings. The van der Waals surface area contributed by atoms with Crippen molar-refractivity contribution in [3.05, 3.63) is 35.4 Å². The molecule has 0 radical (unpaired) electrons. The lowest BCUT2D eigenvalue weighted by Gasteiger charge is -2.24. The number of carbonyl (C=O) groups is 1. The van der Waals surface area contributed by atoms with Gasteiger partial charge in [-0.15, -0.1) is 0 Å². The van der Waals surface area contributed by atoms with Gasteiger partial charge in [-0.25, -0.2) is 0 Å². The zero-order valence-electron chi connectivity index (χ0n) is 12.4. The summed E-state index contributed by atoms with van der Waals surface area (Å²) >= 11 is 0. The zero-order chi connectivity index (χ0) is 14.4. The Kier molecular flexibility index (Phi) is 5.56. The molecule has 1 aliphatic rings. The molecule has 0 saturated carbocycles. The Morgan fingerprint density at radius 1 is 1.30 bits per heavy atom. The lowest BCUT2D eigenvalue weighted by molar-refractivity contribution is -0.137. The molecule has 110 valence electrons. The third-order valence-corrected chi connectivity index (χ3v) is 3.69. The van der Waals surface area contributed by atoms with Crippen LogP contribution in [0.25, 0.3) is 0 Å². The van der Waals surface area contributed by atoms with Crippen molar-refractivity contribution in [2.24, 2.45) is 0 Å². The largest absolute Gasteiger partial charge is 0.368 e. The number of piperidine rings is 1. The fraction of sp³-hybridized carbons (Fsp3) is 0.562. The van der Waals surface area contributed by atoms with Crippen molar-refractivity contribution in [3.8, 4) is 0 Å². The molecule has 1 aromatic carbocycles. The lowest BCUT2D eigenvalue weighted by atomic mass is 10.1. The highest BCUT2D eigenvalue weighted by Crippen LogP contribution is 2.09. The summed E-state index contributed by atoms with van der Waals surface area (Å²) < 4.78 is 5.69. The molecule has 1 aromatic rings. The van der Waals surface area contributed by atoms with Crippen LogP contribution in [0.3, 0.4) is 0 Å². The van der Waals surface area contributed by atoms with Crippen LogP contribution in [-0.2, 0) is 16.1 Å². The van der Waals surface area contributed by atoms with Gasteiger partial charge in [-0.3, -0.25) is 4.79 Å². The maximum absolute atomic E-state index is 12.0. The fourth-order valence-corrected chi connectivity index (χ4v) is 2.32. The standard InChI is InChI=1S/C16H24N2O2/c1-13-3-5-14(6-4-13)11-18(2)16(19)12-20-15-7-9-17-10-8-15/h3-6,15,17H,7-12H2,1-2H3. The van der Waals surface area contributed by atoms with E-state index in [4.69, 9.17) is 4.74 Å². The second-order valence-corrected chi connectivity index (χ2v) is 5.50. The van der Waals surface area contributed by atoms with Gasteiger partial charge in [0.25, 0.3) is 0 Å². The Bertz CT molecular complexity index is 425. The van der Waals surface area contributed by atoms with E-state index in [1.165, 1.54) is 5.56 Å². The summed E-state index contributed by atoms with van der Waals surface area (Å²) in [5, 5.41) is 3.29. The Morgan fingerprint density at radius 3 is 2.60 bits per heavy atom. The number of nitrogens with one attached hydrogen (secondary N) is 1. The summed E-state index contributed by atoms with van der Waals surface area (Å²) in [6.45, 7) is 4.85. The predicted octanol–water partition coefficient (Wildman–Crippen LogP) is 1.72. The molecule has 1 saturated heterocycles. The number of rotatable bonds is 5. The minimum Gasteiger partial charge on any atom is -0.368 e. The number of carbonyl (C=O) groups excluding carboxylic acids is 1. The first kappa shape index (κ1) is 15.0. The van der Waals surface area contributed by atoms with Crippen LogP contribution in [0, 0.1) is 6.92 Å². The highest BCUT2D eigenvalue weighted by Gasteiger charge is 2.16. The second kappa shape index (κ2) is 7.41. The van der Waals surface area contributed by atoms with E-state index in [1.807, 2.05) is 7.05 Å². The quantitative estimate of drug-likeness (QED) is 0.890. The molecule has 0 spiro atoms. The van der Waals surface area contributed by atoms with Gasteiger partial charge < -0.3 is 15.0 Å². The molecule has 0 atom stereocenters. The Labute approximate surface area is 121 Å². The van der Waals surface area contributed by atoms with Gasteiger partial charge >= 0.3 is 0 Å². The molecule has 0 unspecified atom stereocenters. The summed E-state index contributed by atoms with van der Waals surface area (Å²) in [5.41, 5.74) is 2.38. The smallest absolute Gasteiger partial charge is 0.248 e. The van der Waals surface area contributed by atoms with E-state index in [9.17, 15) is 4.79 Å². The summed E-state index contributed by atoms with van der Waals surface area (Å²) in [6.07, 6.45) is 2.22. The van der Waals surface area contributed by atoms with E-state index < -0.39 is 0 Å². The molecule has 1 amide bonds. The molecule has 2 rings (SSSR count). The normalized spacial score (nSPS) is 16.1. The topological polar surface area (TPSA) is 41.6 Å². The molecule has 0 aliphatic carbocycles. The van der Waals surface area contributed by atoms with Crippen LogP contribution in [0.5, 0.6) is 0 Å². The number of likely N-dealkylation sites (N-methyl/N-ethyl adjacent to an activating group) is 1. The highest BCUT2D eigenvalue weighted by atomic mass is 16.5. The van der Waals surface area contributed by atoms with Crippen LogP contribution >= 0.6 is 0 Å². The van der Waals surface area contributed by atoms with Gasteiger partial charge in [-0.2, -0.15) is 0 Å². The number of benzene rings is 1. The van der Waals surface area contributed by atoms with E-state index in [2.05, 4.69) is 36.5 Å². The van der Waals surface area contributed by atoms with Crippen molar-refractivity contribution < 1.29 is 9.53 Å². The lowest BCUT2D eigenvalue weighted by Crippen LogP contribution is -2.36. The Hall–Kier alpha value is -1.39. The number of ether oxygens (including phenoxy) is 1. The Balaban J connectivity index is 1.75. The van der Waals surface area contributed by atoms with Gasteiger partial charge in [0, 0.05) is 13.6 Å². The molecule has 1 heterocycles. The maximum Gasteiger partial charge on any atom is 0.248 e. The average Bonchev–Trinajstić information content (AvgIpc) is 2.48. The van der Waals surface area contributed by atoms with E-state index in [0.717, 1.165) is 31.5 Å². The Morgan fingerprint density at radius 2 is 1.95 bits per heavy atom. The third kappa shape index (κ3) is 4.62. The number of amides is 1. The van der Waals surface area contributed by atoms with Crippen LogP contribution in [0.1, 0.15) is 24.0 Å². The van der Waals surface area contributed by atoms with Gasteiger partial charge in [-0.05, 0) is 38.4 Å². The number of aryl methyl sites for hydroxylation is 1. The monoisotopic (exact) mass is 276 g/mol. The number of hydrogen-bond donors (Lipinski definition) is 1. The molecule has 0 bridgehead atoms. The molecule has 20 heavy (non-hydrogen) atoms. The van der Waals surface area contributed by atoms with E-state index in [0.29, 0.717) is 6.54 Å². The molecule has 0 aromatic heterocycles. The van der Waals surface area contributed by atoms with Crippen molar-refractivity contribution in [2.75, 3.05) is 26.7 Å². The van der Waals surface area contributed by atoms with Crippen LogP contribution < -0.4 is 5.32 Å². The van der Waals surface area contributed by atoms with Crippen LogP contribution in [0.15, 0.2) is 24.3 Å². The minimum absolute atomic E-state index is 0.0455. The van der Waals surface area contributed by atoms with Crippen LogP contribution in [-0.4, -0.2) is 43.7 Å². The SMILES string of the molecule is Cc1ccc(CN(C)C(=O)COC2CCNCC2)cc1. The second-order valence-electron chi connectivity index (χ2n) is 5.50. The molecule has 1 N–H and O–H groups in total. The third-order valence-electron chi connectivity index (χ3n) is 3.69. The van der Waals surface area contributed by atoms with Crippen molar-refractivity contribution >= 4 is 5.91 Å². The zero-order valence-corrected chi connectivity index (χ0v) is 12.4. The summed E-state index contributed by atoms with van der Waals surface area (Å²) in [6, 6.07) is 8.26. The van der Waals surface area contributed by atoms with Crippen molar-refractivity contribution in [3.63, 3.8) is 0 Å². The predicted molar refractivity (Wildman–Crippen MR) is 79.5 cm³/mol. The van der Waals surface area contributed by atoms with E-state index in [-0.39, 0.29) is 18.6 Å². The first-order valence-electron chi connectivity index (χ1n) is 7.27. The first-order chi connectivity index (χ1) is 9.65. The van der Waals surface area contributed by atoms with Gasteiger partial charge in [0.05, 0.1) is 6.10 Å². The molecular weight excluding hydrogens is 252 g/mol. The fourth-order valence-electron chi connectivity index (χ4n) is 2.32. The summed E-state index contributed by atoms with van der Waals surface area (Å²) in [7, 11) is 1.83. The van der Waals surface area contributed by atoms with Crippen LogP contribution in [0.4, 0.5) is 0 Å². The summed E-state index contributed by atoms with van der Waals surface area (Å²) in [5.74, 6) is 0.0455. The molecule has 4 nitrogen and oxygen atoms in total. The maximum atomic E-state index is 12.0.